The van der Waals surface area contributed by atoms with Gasteiger partial charge in [0.1, 0.15) is 12.4 Å². The maximum atomic E-state index is 6.02. The summed E-state index contributed by atoms with van der Waals surface area (Å²) in [6.45, 7) is 14.1. The van der Waals surface area contributed by atoms with Gasteiger partial charge in [0.25, 0.3) is 0 Å². The van der Waals surface area contributed by atoms with E-state index in [2.05, 4.69) is 99.9 Å². The van der Waals surface area contributed by atoms with E-state index in [1.165, 1.54) is 16.7 Å². The average Bonchev–Trinajstić information content (AvgIpc) is 2.65. The quantitative estimate of drug-likeness (QED) is 0.464. The summed E-state index contributed by atoms with van der Waals surface area (Å²) in [6, 6.07) is 16.8. The van der Waals surface area contributed by atoms with Crippen molar-refractivity contribution >= 4 is 12.4 Å². The average molecular weight is 412 g/mol. The Balaban J connectivity index is 0.00000420. The van der Waals surface area contributed by atoms with E-state index in [9.17, 15) is 0 Å². The zero-order chi connectivity index (χ0) is 20.4. The van der Waals surface area contributed by atoms with Crippen molar-refractivity contribution < 1.29 is 4.74 Å². The van der Waals surface area contributed by atoms with Gasteiger partial charge in [-0.15, -0.1) is 12.4 Å². The van der Waals surface area contributed by atoms with Crippen LogP contribution in [0.15, 0.2) is 60.7 Å². The van der Waals surface area contributed by atoms with Gasteiger partial charge in [-0.3, -0.25) is 4.90 Å². The third kappa shape index (κ3) is 9.70. The largest absolute Gasteiger partial charge is 0.489 e. The summed E-state index contributed by atoms with van der Waals surface area (Å²) in [4.78, 5) is 2.38. The van der Waals surface area contributed by atoms with E-state index >= 15 is 0 Å². The molecule has 0 spiro atoms. The summed E-state index contributed by atoms with van der Waals surface area (Å²) in [5.41, 5.74) is 3.80. The fourth-order valence-corrected chi connectivity index (χ4v) is 2.75. The lowest BCUT2D eigenvalue weighted by Crippen LogP contribution is -2.22. The first-order chi connectivity index (χ1) is 13.4. The minimum atomic E-state index is 0. The molecule has 0 radical (unpaired) electrons. The number of benzene rings is 2. The molecule has 0 atom stereocenters. The van der Waals surface area contributed by atoms with Crippen LogP contribution in [0.2, 0.25) is 0 Å². The Morgan fingerprint density at radius 2 is 1.83 bits per heavy atom. The summed E-state index contributed by atoms with van der Waals surface area (Å²) in [6.07, 6.45) is 4.11. The molecule has 0 aliphatic carbocycles. The highest BCUT2D eigenvalue weighted by atomic mass is 35.5. The molecule has 156 valence electrons. The first-order valence-corrected chi connectivity index (χ1v) is 10.0. The van der Waals surface area contributed by atoms with Gasteiger partial charge in [0.15, 0.2) is 0 Å². The molecule has 0 amide bonds. The van der Waals surface area contributed by atoms with E-state index in [0.29, 0.717) is 6.61 Å². The lowest BCUT2D eigenvalue weighted by Gasteiger charge is -2.19. The highest BCUT2D eigenvalue weighted by Crippen LogP contribution is 2.18. The number of hydrogen-bond acceptors (Lipinski definition) is 2. The highest BCUT2D eigenvalue weighted by molar-refractivity contribution is 5.85. The minimum Gasteiger partial charge on any atom is -0.489 e. The Kier molecular flexibility index (Phi) is 10.6. The Morgan fingerprint density at radius 1 is 1.07 bits per heavy atom. The molecule has 0 saturated heterocycles. The maximum Gasteiger partial charge on any atom is 0.120 e. The number of hydrogen-bond donors (Lipinski definition) is 0. The van der Waals surface area contributed by atoms with Crippen LogP contribution in [0.1, 0.15) is 44.4 Å². The van der Waals surface area contributed by atoms with Gasteiger partial charge in [0.05, 0.1) is 0 Å². The van der Waals surface area contributed by atoms with Crippen molar-refractivity contribution in [2.24, 2.45) is 5.41 Å². The fraction of sp³-hybridized carbons (Fsp3) is 0.385. The summed E-state index contributed by atoms with van der Waals surface area (Å²) in [5.74, 6) is 7.29. The van der Waals surface area contributed by atoms with Crippen molar-refractivity contribution in [1.29, 1.82) is 0 Å². The predicted molar refractivity (Wildman–Crippen MR) is 127 cm³/mol. The van der Waals surface area contributed by atoms with Crippen molar-refractivity contribution in [1.82, 2.24) is 4.90 Å². The SMILES string of the molecule is CCN(CC=CC#CC(C)(C)C)Cc1cccc(OCc2ccccc2C)c1.Cl. The second-order valence-corrected chi connectivity index (χ2v) is 8.11. The zero-order valence-electron chi connectivity index (χ0n) is 18.4. The highest BCUT2D eigenvalue weighted by Gasteiger charge is 2.05. The van der Waals surface area contributed by atoms with Crippen LogP contribution in [0.5, 0.6) is 5.75 Å². The normalized spacial score (nSPS) is 11.1. The molecule has 0 unspecified atom stereocenters. The number of rotatable bonds is 8. The van der Waals surface area contributed by atoms with Crippen molar-refractivity contribution in [2.45, 2.75) is 47.8 Å². The molecule has 3 heteroatoms. The van der Waals surface area contributed by atoms with E-state index in [0.717, 1.165) is 25.4 Å². The molecule has 29 heavy (non-hydrogen) atoms. The monoisotopic (exact) mass is 411 g/mol. The number of nitrogens with zero attached hydrogens (tertiary/aromatic N) is 1. The van der Waals surface area contributed by atoms with Crippen LogP contribution < -0.4 is 4.74 Å². The second-order valence-electron chi connectivity index (χ2n) is 8.11. The molecular formula is C26H34ClNO. The number of halogens is 1. The molecule has 0 saturated carbocycles. The molecule has 2 aromatic carbocycles. The van der Waals surface area contributed by atoms with Gasteiger partial charge in [-0.25, -0.2) is 0 Å². The van der Waals surface area contributed by atoms with Gasteiger partial charge in [-0.2, -0.15) is 0 Å². The molecule has 2 nitrogen and oxygen atoms in total. The summed E-state index contributed by atoms with van der Waals surface area (Å²) in [7, 11) is 0. The van der Waals surface area contributed by atoms with Crippen LogP contribution in [-0.4, -0.2) is 18.0 Å². The first-order valence-electron chi connectivity index (χ1n) is 10.0. The summed E-state index contributed by atoms with van der Waals surface area (Å²) in [5, 5.41) is 0. The molecule has 0 aliphatic heterocycles. The third-order valence-corrected chi connectivity index (χ3v) is 4.42. The van der Waals surface area contributed by atoms with E-state index in [1.54, 1.807) is 0 Å². The Morgan fingerprint density at radius 3 is 2.52 bits per heavy atom. The molecule has 0 aliphatic rings. The second kappa shape index (κ2) is 12.4. The summed E-state index contributed by atoms with van der Waals surface area (Å²) < 4.78 is 6.02. The molecular weight excluding hydrogens is 378 g/mol. The van der Waals surface area contributed by atoms with Crippen molar-refractivity contribution in [3.05, 3.63) is 77.4 Å². The van der Waals surface area contributed by atoms with Gasteiger partial charge in [-0.05, 0) is 69.1 Å². The van der Waals surface area contributed by atoms with Gasteiger partial charge < -0.3 is 4.74 Å². The molecule has 0 fully saturated rings. The number of ether oxygens (including phenoxy) is 1. The van der Waals surface area contributed by atoms with Crippen LogP contribution in [0.4, 0.5) is 0 Å². The third-order valence-electron chi connectivity index (χ3n) is 4.42. The summed E-state index contributed by atoms with van der Waals surface area (Å²) >= 11 is 0. The molecule has 2 rings (SSSR count). The lowest BCUT2D eigenvalue weighted by atomic mass is 9.98. The van der Waals surface area contributed by atoms with E-state index in [1.807, 2.05) is 12.1 Å². The van der Waals surface area contributed by atoms with E-state index in [4.69, 9.17) is 4.74 Å². The topological polar surface area (TPSA) is 12.5 Å². The van der Waals surface area contributed by atoms with Gasteiger partial charge in [0, 0.05) is 18.5 Å². The molecule has 2 aromatic rings. The molecule has 0 aromatic heterocycles. The van der Waals surface area contributed by atoms with E-state index < -0.39 is 0 Å². The van der Waals surface area contributed by atoms with Crippen molar-refractivity contribution in [2.75, 3.05) is 13.1 Å². The van der Waals surface area contributed by atoms with Crippen LogP contribution >= 0.6 is 12.4 Å². The van der Waals surface area contributed by atoms with Crippen LogP contribution in [0, 0.1) is 24.2 Å². The maximum absolute atomic E-state index is 6.02. The molecule has 0 heterocycles. The first kappa shape index (κ1) is 24.8. The fourth-order valence-electron chi connectivity index (χ4n) is 2.75. The standard InChI is InChI=1S/C26H33NO.ClH/c1-6-27(18-11-7-10-17-26(3,4)5)20-23-14-12-16-25(19-23)28-21-24-15-9-8-13-22(24)2;/h7-9,11-16,19H,6,18,20-21H2,1-5H3;1H. The lowest BCUT2D eigenvalue weighted by molar-refractivity contribution is 0.299. The Hall–Kier alpha value is -2.21. The Labute approximate surface area is 183 Å². The Bertz CT molecular complexity index is 840. The van der Waals surface area contributed by atoms with Gasteiger partial charge in [-0.1, -0.05) is 61.2 Å². The number of aryl methyl sites for hydroxylation is 1. The number of allylic oxidation sites excluding steroid dienone is 1. The smallest absolute Gasteiger partial charge is 0.120 e. The van der Waals surface area contributed by atoms with Crippen LogP contribution in [0.3, 0.4) is 0 Å². The predicted octanol–water partition coefficient (Wildman–Crippen LogP) is 6.42. The van der Waals surface area contributed by atoms with E-state index in [-0.39, 0.29) is 17.8 Å². The van der Waals surface area contributed by atoms with Crippen molar-refractivity contribution in [3.8, 4) is 17.6 Å². The molecule has 0 bridgehead atoms. The minimum absolute atomic E-state index is 0. The van der Waals surface area contributed by atoms with Crippen molar-refractivity contribution in [3.63, 3.8) is 0 Å². The van der Waals surface area contributed by atoms with Gasteiger partial charge >= 0.3 is 0 Å². The number of likely N-dealkylation sites (N-methyl/N-ethyl adjacent to an activating group) is 1. The molecule has 0 N–H and O–H groups in total. The van der Waals surface area contributed by atoms with Crippen LogP contribution in [0.25, 0.3) is 0 Å². The van der Waals surface area contributed by atoms with Gasteiger partial charge in [0.2, 0.25) is 0 Å². The van der Waals surface area contributed by atoms with Crippen LogP contribution in [-0.2, 0) is 13.2 Å². The zero-order valence-corrected chi connectivity index (χ0v) is 19.2.